The minimum absolute atomic E-state index is 0.217. The molecule has 0 aliphatic heterocycles. The minimum Gasteiger partial charge on any atom is -0.506 e. The van der Waals surface area contributed by atoms with E-state index >= 15 is 0 Å². The monoisotopic (exact) mass is 723 g/mol. The first kappa shape index (κ1) is 35.4. The summed E-state index contributed by atoms with van der Waals surface area (Å²) in [6, 6.07) is 23.4. The molecule has 5 rings (SSSR count). The number of anilines is 1. The van der Waals surface area contributed by atoms with Crippen LogP contribution in [0.1, 0.15) is 22.3 Å². The first-order valence-corrected chi connectivity index (χ1v) is 18.8. The Morgan fingerprint density at radius 3 is 1.82 bits per heavy atom. The molecule has 12 nitrogen and oxygen atoms in total. The lowest BCUT2D eigenvalue weighted by molar-refractivity contribution is -0.512. The number of rotatable bonds is 10. The highest BCUT2D eigenvalue weighted by Crippen LogP contribution is 2.38. The molecular formula is C34H31N2O10S3+. The highest BCUT2D eigenvalue weighted by molar-refractivity contribution is 7.86. The van der Waals surface area contributed by atoms with Gasteiger partial charge in [-0.1, -0.05) is 54.6 Å². The van der Waals surface area contributed by atoms with Crippen LogP contribution in [0.4, 0.5) is 5.69 Å². The molecule has 0 atom stereocenters. The molecule has 0 bridgehead atoms. The van der Waals surface area contributed by atoms with Crippen LogP contribution < -0.4 is 5.32 Å². The Morgan fingerprint density at radius 1 is 0.673 bits per heavy atom. The van der Waals surface area contributed by atoms with Crippen molar-refractivity contribution >= 4 is 47.3 Å². The van der Waals surface area contributed by atoms with Crippen molar-refractivity contribution in [2.45, 2.75) is 27.8 Å². The van der Waals surface area contributed by atoms with Gasteiger partial charge in [0.1, 0.15) is 22.6 Å². The van der Waals surface area contributed by atoms with Crippen molar-refractivity contribution in [1.29, 1.82) is 0 Å². The number of benzene rings is 4. The molecule has 15 heteroatoms. The number of nitrogens with one attached hydrogen (secondary N) is 1. The van der Waals surface area contributed by atoms with E-state index in [1.807, 2.05) is 42.0 Å². The fourth-order valence-corrected chi connectivity index (χ4v) is 7.06. The second kappa shape index (κ2) is 13.9. The Morgan fingerprint density at radius 2 is 1.27 bits per heavy atom. The second-order valence-electron chi connectivity index (χ2n) is 11.1. The van der Waals surface area contributed by atoms with Gasteiger partial charge < -0.3 is 10.4 Å². The molecule has 0 saturated heterocycles. The van der Waals surface area contributed by atoms with Gasteiger partial charge >= 0.3 is 0 Å². The van der Waals surface area contributed by atoms with Gasteiger partial charge in [-0.25, -0.2) is 4.58 Å². The Bertz CT molecular complexity index is 2350. The van der Waals surface area contributed by atoms with Crippen molar-refractivity contribution < 1.29 is 48.6 Å². The lowest BCUT2D eigenvalue weighted by atomic mass is 9.90. The molecule has 254 valence electrons. The smallest absolute Gasteiger partial charge is 0.298 e. The van der Waals surface area contributed by atoms with Gasteiger partial charge in [-0.2, -0.15) is 25.3 Å². The van der Waals surface area contributed by atoms with Crippen LogP contribution >= 0.6 is 0 Å². The average Bonchev–Trinajstić information content (AvgIpc) is 3.04. The van der Waals surface area contributed by atoms with Crippen molar-refractivity contribution in [2.24, 2.45) is 0 Å². The molecule has 0 radical (unpaired) electrons. The fraction of sp³-hybridized carbons (Fsp3) is 0.0882. The molecule has 49 heavy (non-hydrogen) atoms. The Labute approximate surface area is 284 Å². The van der Waals surface area contributed by atoms with Crippen LogP contribution in [0, 0.1) is 0 Å². The van der Waals surface area contributed by atoms with Crippen molar-refractivity contribution in [3.63, 3.8) is 0 Å². The maximum Gasteiger partial charge on any atom is 0.298 e. The SMILES string of the molecule is C[N+](Cc1ccccc1)=C1C=CC(=C(c2ccc(NCc3ccc(S(=O)(=O)O)cc3)cc2)c2cc(O)c(S(=O)(=O)O)cc2S(=O)(=O)O)C=C1. The third-order valence-electron chi connectivity index (χ3n) is 7.64. The zero-order valence-electron chi connectivity index (χ0n) is 25.8. The molecule has 0 spiro atoms. The molecule has 0 aromatic heterocycles. The standard InChI is InChI=1S/C34H30N2O10S3/c1-36(22-24-5-3-2-4-6-24)28-15-11-26(12-16-28)34(30-19-31(37)33(49(44,45)46)20-32(30)48(41,42)43)25-9-13-27(14-10-25)35-21-23-7-17-29(18-8-23)47(38,39)40/h2-20H,21-22H2,1H3,(H4,37,38,39,40,41,42,43,44,45,46)/p+1. The number of hydrogen-bond donors (Lipinski definition) is 5. The predicted molar refractivity (Wildman–Crippen MR) is 183 cm³/mol. The van der Waals surface area contributed by atoms with Gasteiger partial charge in [-0.3, -0.25) is 13.7 Å². The molecule has 5 N–H and O–H groups in total. The maximum absolute atomic E-state index is 12.6. The number of hydrogen-bond acceptors (Lipinski definition) is 8. The highest BCUT2D eigenvalue weighted by atomic mass is 32.2. The minimum atomic E-state index is -5.09. The summed E-state index contributed by atoms with van der Waals surface area (Å²) in [7, 11) is -12.6. The van der Waals surface area contributed by atoms with Crippen LogP contribution in [0.2, 0.25) is 0 Å². The lowest BCUT2D eigenvalue weighted by Crippen LogP contribution is -2.15. The van der Waals surface area contributed by atoms with E-state index in [-0.39, 0.29) is 22.6 Å². The van der Waals surface area contributed by atoms with Crippen molar-refractivity contribution in [1.82, 2.24) is 0 Å². The van der Waals surface area contributed by atoms with Crippen molar-refractivity contribution in [2.75, 3.05) is 12.4 Å². The molecule has 0 fully saturated rings. The first-order chi connectivity index (χ1) is 23.0. The van der Waals surface area contributed by atoms with Gasteiger partial charge in [0.2, 0.25) is 0 Å². The van der Waals surface area contributed by atoms with Gasteiger partial charge in [-0.05, 0) is 70.8 Å². The number of aromatic hydroxyl groups is 1. The Balaban J connectivity index is 1.57. The molecule has 1 aliphatic carbocycles. The van der Waals surface area contributed by atoms with E-state index < -0.39 is 45.9 Å². The number of phenolic OH excluding ortho intramolecular Hbond substituents is 1. The molecule has 0 saturated carbocycles. The van der Waals surface area contributed by atoms with Crippen LogP contribution in [0.25, 0.3) is 5.57 Å². The summed E-state index contributed by atoms with van der Waals surface area (Å²) < 4.78 is 103. The van der Waals surface area contributed by atoms with Crippen LogP contribution in [0.3, 0.4) is 0 Å². The van der Waals surface area contributed by atoms with Gasteiger partial charge in [-0.15, -0.1) is 0 Å². The van der Waals surface area contributed by atoms with Crippen LogP contribution in [0.5, 0.6) is 5.75 Å². The van der Waals surface area contributed by atoms with Crippen LogP contribution in [-0.2, 0) is 43.4 Å². The first-order valence-electron chi connectivity index (χ1n) is 14.5. The number of nitrogens with zero attached hydrogens (tertiary/aromatic N) is 1. The summed E-state index contributed by atoms with van der Waals surface area (Å²) in [6.07, 6.45) is 7.05. The van der Waals surface area contributed by atoms with Gasteiger partial charge in [0, 0.05) is 35.5 Å². The predicted octanol–water partition coefficient (Wildman–Crippen LogP) is 4.96. The zero-order valence-corrected chi connectivity index (χ0v) is 28.2. The summed E-state index contributed by atoms with van der Waals surface area (Å²) in [5.41, 5.74) is 4.13. The van der Waals surface area contributed by atoms with Crippen molar-refractivity contribution in [3.8, 4) is 5.75 Å². The fourth-order valence-electron chi connectivity index (χ4n) is 5.21. The maximum atomic E-state index is 12.6. The average molecular weight is 724 g/mol. The summed E-state index contributed by atoms with van der Waals surface area (Å²) in [6.45, 7) is 0.894. The van der Waals surface area contributed by atoms with E-state index in [0.29, 0.717) is 35.0 Å². The van der Waals surface area contributed by atoms with E-state index in [1.165, 1.54) is 24.3 Å². The number of allylic oxidation sites excluding steroid dienone is 5. The molecule has 0 amide bonds. The quantitative estimate of drug-likeness (QED) is 0.110. The molecular weight excluding hydrogens is 693 g/mol. The van der Waals surface area contributed by atoms with Gasteiger partial charge in [0.25, 0.3) is 30.4 Å². The van der Waals surface area contributed by atoms with Crippen LogP contribution in [-0.4, -0.2) is 61.4 Å². The summed E-state index contributed by atoms with van der Waals surface area (Å²) in [5, 5.41) is 13.8. The molecule has 0 heterocycles. The highest BCUT2D eigenvalue weighted by Gasteiger charge is 2.28. The Hall–Kier alpha value is -4.90. The van der Waals surface area contributed by atoms with Crippen LogP contribution in [0.15, 0.2) is 136 Å². The second-order valence-corrected chi connectivity index (χ2v) is 15.3. The van der Waals surface area contributed by atoms with Gasteiger partial charge in [0.15, 0.2) is 12.3 Å². The normalized spacial score (nSPS) is 13.4. The third-order valence-corrected chi connectivity index (χ3v) is 10.3. The molecule has 1 aliphatic rings. The van der Waals surface area contributed by atoms with E-state index in [1.54, 1.807) is 48.6 Å². The summed E-state index contributed by atoms with van der Waals surface area (Å²) in [4.78, 5) is -2.18. The topological polar surface area (TPSA) is 198 Å². The van der Waals surface area contributed by atoms with E-state index in [9.17, 15) is 44.0 Å². The lowest BCUT2D eigenvalue weighted by Gasteiger charge is -2.18. The number of phenols is 1. The van der Waals surface area contributed by atoms with E-state index in [4.69, 9.17) is 0 Å². The van der Waals surface area contributed by atoms with E-state index in [0.717, 1.165) is 17.3 Å². The summed E-state index contributed by atoms with van der Waals surface area (Å²) >= 11 is 0. The van der Waals surface area contributed by atoms with Gasteiger partial charge in [0.05, 0.1) is 4.90 Å². The third kappa shape index (κ3) is 8.58. The zero-order chi connectivity index (χ0) is 35.6. The molecule has 4 aromatic rings. The van der Waals surface area contributed by atoms with Crippen molar-refractivity contribution in [3.05, 3.63) is 143 Å². The largest absolute Gasteiger partial charge is 0.506 e. The molecule has 0 unspecified atom stereocenters. The molecule has 4 aromatic carbocycles. The summed E-state index contributed by atoms with van der Waals surface area (Å²) in [5.74, 6) is -0.931. The Kier molecular flexibility index (Phi) is 10.1. The van der Waals surface area contributed by atoms with E-state index in [2.05, 4.69) is 5.32 Å².